The van der Waals surface area contributed by atoms with Crippen molar-refractivity contribution in [3.63, 3.8) is 0 Å². The smallest absolute Gasteiger partial charge is 0.308 e. The maximum Gasteiger partial charge on any atom is 0.308 e. The summed E-state index contributed by atoms with van der Waals surface area (Å²) >= 11 is 0. The Balaban J connectivity index is 1.85. The quantitative estimate of drug-likeness (QED) is 0.904. The zero-order valence-electron chi connectivity index (χ0n) is 13.8. The molecule has 2 heterocycles. The molecule has 2 bridgehead atoms. The molecule has 2 fully saturated rings. The van der Waals surface area contributed by atoms with Crippen molar-refractivity contribution in [2.75, 3.05) is 7.11 Å². The Bertz CT molecular complexity index is 955. The van der Waals surface area contributed by atoms with E-state index in [0.29, 0.717) is 24.0 Å². The van der Waals surface area contributed by atoms with E-state index in [0.717, 1.165) is 11.8 Å². The van der Waals surface area contributed by atoms with Gasteiger partial charge >= 0.3 is 5.97 Å². The van der Waals surface area contributed by atoms with Crippen LogP contribution in [0.3, 0.4) is 0 Å². The number of nitrogens with zero attached hydrogens (tertiary/aromatic N) is 1. The van der Waals surface area contributed by atoms with Crippen LogP contribution >= 0.6 is 0 Å². The van der Waals surface area contributed by atoms with E-state index in [1.807, 2.05) is 12.1 Å². The van der Waals surface area contributed by atoms with Crippen molar-refractivity contribution < 1.29 is 23.1 Å². The van der Waals surface area contributed by atoms with E-state index in [1.54, 1.807) is 31.4 Å². The predicted octanol–water partition coefficient (Wildman–Crippen LogP) is 2.47. The minimum atomic E-state index is -3.78. The van der Waals surface area contributed by atoms with Crippen molar-refractivity contribution >= 4 is 26.8 Å². The van der Waals surface area contributed by atoms with Gasteiger partial charge in [-0.05, 0) is 31.4 Å². The number of benzene rings is 2. The number of rotatable bonds is 4. The Labute approximate surface area is 146 Å². The lowest BCUT2D eigenvalue weighted by atomic mass is 9.89. The predicted molar refractivity (Wildman–Crippen MR) is 92.1 cm³/mol. The summed E-state index contributed by atoms with van der Waals surface area (Å²) < 4.78 is 33.5. The largest absolute Gasteiger partial charge is 0.496 e. The lowest BCUT2D eigenvalue weighted by molar-refractivity contribution is -0.142. The topological polar surface area (TPSA) is 83.9 Å². The number of hydrogen-bond acceptors (Lipinski definition) is 4. The molecule has 4 rings (SSSR count). The van der Waals surface area contributed by atoms with Crippen molar-refractivity contribution in [3.8, 4) is 5.75 Å². The lowest BCUT2D eigenvalue weighted by Crippen LogP contribution is -2.37. The van der Waals surface area contributed by atoms with Gasteiger partial charge in [-0.3, -0.25) is 4.79 Å². The van der Waals surface area contributed by atoms with Crippen LogP contribution in [0.2, 0.25) is 0 Å². The van der Waals surface area contributed by atoms with Crippen molar-refractivity contribution in [2.45, 2.75) is 36.2 Å². The maximum atomic E-state index is 13.4. The van der Waals surface area contributed by atoms with Gasteiger partial charge in [-0.15, -0.1) is 0 Å². The number of carboxylic acid groups (broad SMARTS) is 1. The van der Waals surface area contributed by atoms with Crippen LogP contribution in [-0.4, -0.2) is 43.0 Å². The molecular weight excluding hydrogens is 342 g/mol. The maximum absolute atomic E-state index is 13.4. The number of carboxylic acids is 1. The van der Waals surface area contributed by atoms with Gasteiger partial charge in [-0.2, -0.15) is 4.31 Å². The van der Waals surface area contributed by atoms with E-state index >= 15 is 0 Å². The van der Waals surface area contributed by atoms with Crippen molar-refractivity contribution in [3.05, 3.63) is 36.4 Å². The molecule has 3 unspecified atom stereocenters. The summed E-state index contributed by atoms with van der Waals surface area (Å²) in [4.78, 5) is 11.7. The molecule has 0 radical (unpaired) electrons. The first-order valence-corrected chi connectivity index (χ1v) is 9.71. The lowest BCUT2D eigenvalue weighted by Gasteiger charge is -2.23. The fourth-order valence-corrected chi connectivity index (χ4v) is 6.45. The summed E-state index contributed by atoms with van der Waals surface area (Å²) in [6.07, 6.45) is 1.73. The first kappa shape index (κ1) is 16.4. The van der Waals surface area contributed by atoms with Gasteiger partial charge in [0.1, 0.15) is 5.75 Å². The van der Waals surface area contributed by atoms with Gasteiger partial charge in [0.2, 0.25) is 10.0 Å². The number of hydrogen-bond donors (Lipinski definition) is 1. The van der Waals surface area contributed by atoms with Crippen molar-refractivity contribution in [1.82, 2.24) is 4.31 Å². The molecule has 25 heavy (non-hydrogen) atoms. The summed E-state index contributed by atoms with van der Waals surface area (Å²) in [5.74, 6) is -0.910. The van der Waals surface area contributed by atoms with Crippen LogP contribution < -0.4 is 4.74 Å². The third-order valence-electron chi connectivity index (χ3n) is 5.41. The first-order chi connectivity index (χ1) is 11.9. The Morgan fingerprint density at radius 1 is 1.16 bits per heavy atom. The molecule has 0 aromatic heterocycles. The zero-order chi connectivity index (χ0) is 17.8. The van der Waals surface area contributed by atoms with E-state index < -0.39 is 28.0 Å². The molecule has 0 spiro atoms. The van der Waals surface area contributed by atoms with Gasteiger partial charge in [0.25, 0.3) is 0 Å². The highest BCUT2D eigenvalue weighted by molar-refractivity contribution is 7.89. The second-order valence-electron chi connectivity index (χ2n) is 6.63. The molecule has 0 saturated carbocycles. The monoisotopic (exact) mass is 361 g/mol. The van der Waals surface area contributed by atoms with Gasteiger partial charge in [-0.25, -0.2) is 8.42 Å². The van der Waals surface area contributed by atoms with E-state index in [1.165, 1.54) is 4.31 Å². The Kier molecular flexibility index (Phi) is 3.73. The van der Waals surface area contributed by atoms with E-state index in [9.17, 15) is 18.3 Å². The van der Waals surface area contributed by atoms with E-state index in [-0.39, 0.29) is 10.9 Å². The molecule has 2 saturated heterocycles. The SMILES string of the molecule is COc1ccc(S(=O)(=O)N2C3CCC2C(C(=O)O)C3)c2ccccc12. The summed E-state index contributed by atoms with van der Waals surface area (Å²) in [5, 5.41) is 10.7. The average molecular weight is 361 g/mol. The number of carbonyl (C=O) groups is 1. The summed E-state index contributed by atoms with van der Waals surface area (Å²) in [7, 11) is -2.23. The Morgan fingerprint density at radius 3 is 2.52 bits per heavy atom. The molecule has 2 aliphatic heterocycles. The summed E-state index contributed by atoms with van der Waals surface area (Å²) in [6.45, 7) is 0. The summed E-state index contributed by atoms with van der Waals surface area (Å²) in [6, 6.07) is 9.75. The molecule has 7 heteroatoms. The number of aliphatic carboxylic acids is 1. The van der Waals surface area contributed by atoms with Crippen LogP contribution in [0.15, 0.2) is 41.3 Å². The molecular formula is C18H19NO5S. The standard InChI is InChI=1S/C18H19NO5S/c1-24-16-8-9-17(13-5-3-2-4-12(13)16)25(22,23)19-11-6-7-15(19)14(10-11)18(20)21/h2-5,8-9,11,14-15H,6-7,10H2,1H3,(H,20,21). The third-order valence-corrected chi connectivity index (χ3v) is 7.45. The van der Waals surface area contributed by atoms with Crippen LogP contribution in [0.25, 0.3) is 10.8 Å². The van der Waals surface area contributed by atoms with E-state index in [4.69, 9.17) is 4.74 Å². The van der Waals surface area contributed by atoms with Crippen LogP contribution in [-0.2, 0) is 14.8 Å². The third kappa shape index (κ3) is 2.33. The number of methoxy groups -OCH3 is 1. The zero-order valence-corrected chi connectivity index (χ0v) is 14.6. The molecule has 2 aliphatic rings. The Hall–Kier alpha value is -2.12. The van der Waals surface area contributed by atoms with Crippen molar-refractivity contribution in [1.29, 1.82) is 0 Å². The normalized spacial score (nSPS) is 26.2. The van der Waals surface area contributed by atoms with Crippen LogP contribution in [0, 0.1) is 5.92 Å². The second kappa shape index (κ2) is 5.71. The van der Waals surface area contributed by atoms with Gasteiger partial charge < -0.3 is 9.84 Å². The fraction of sp³-hybridized carbons (Fsp3) is 0.389. The molecule has 2 aromatic rings. The second-order valence-corrected chi connectivity index (χ2v) is 8.44. The molecule has 1 N–H and O–H groups in total. The summed E-state index contributed by atoms with van der Waals surface area (Å²) in [5.41, 5.74) is 0. The highest BCUT2D eigenvalue weighted by Gasteiger charge is 2.54. The number of sulfonamides is 1. The molecule has 132 valence electrons. The van der Waals surface area contributed by atoms with Gasteiger partial charge in [0.15, 0.2) is 0 Å². The van der Waals surface area contributed by atoms with Gasteiger partial charge in [0.05, 0.1) is 17.9 Å². The van der Waals surface area contributed by atoms with E-state index in [2.05, 4.69) is 0 Å². The average Bonchev–Trinajstić information content (AvgIpc) is 3.19. The van der Waals surface area contributed by atoms with Crippen LogP contribution in [0.5, 0.6) is 5.75 Å². The van der Waals surface area contributed by atoms with Crippen molar-refractivity contribution in [2.24, 2.45) is 5.92 Å². The number of fused-ring (bicyclic) bond motifs is 3. The highest BCUT2D eigenvalue weighted by atomic mass is 32.2. The minimum absolute atomic E-state index is 0.215. The van der Waals surface area contributed by atoms with Crippen LogP contribution in [0.1, 0.15) is 19.3 Å². The number of ether oxygens (including phenoxy) is 1. The molecule has 6 nitrogen and oxygen atoms in total. The molecule has 3 atom stereocenters. The minimum Gasteiger partial charge on any atom is -0.496 e. The Morgan fingerprint density at radius 2 is 1.88 bits per heavy atom. The van der Waals surface area contributed by atoms with Gasteiger partial charge in [0, 0.05) is 22.9 Å². The molecule has 0 aliphatic carbocycles. The van der Waals surface area contributed by atoms with Crippen LogP contribution in [0.4, 0.5) is 0 Å². The van der Waals surface area contributed by atoms with Gasteiger partial charge in [-0.1, -0.05) is 24.3 Å². The first-order valence-electron chi connectivity index (χ1n) is 8.27. The molecule has 0 amide bonds. The highest BCUT2D eigenvalue weighted by Crippen LogP contribution is 2.46. The fourth-order valence-electron chi connectivity index (χ4n) is 4.34. The molecule has 2 aromatic carbocycles.